The van der Waals surface area contributed by atoms with Crippen LogP contribution in [-0.2, 0) is 13.1 Å². The lowest BCUT2D eigenvalue weighted by Gasteiger charge is -2.10. The zero-order chi connectivity index (χ0) is 15.2. The van der Waals surface area contributed by atoms with Gasteiger partial charge in [-0.2, -0.15) is 0 Å². The van der Waals surface area contributed by atoms with Gasteiger partial charge in [0, 0.05) is 10.6 Å². The molecule has 0 heterocycles. The van der Waals surface area contributed by atoms with Crippen molar-refractivity contribution in [3.05, 3.63) is 57.6 Å². The quantitative estimate of drug-likeness (QED) is 0.884. The van der Waals surface area contributed by atoms with Crippen LogP contribution >= 0.6 is 23.2 Å². The van der Waals surface area contributed by atoms with Gasteiger partial charge in [0.25, 0.3) is 0 Å². The fourth-order valence-corrected chi connectivity index (χ4v) is 2.76. The molecule has 0 saturated heterocycles. The van der Waals surface area contributed by atoms with Gasteiger partial charge in [-0.1, -0.05) is 23.2 Å². The Kier molecular flexibility index (Phi) is 5.74. The van der Waals surface area contributed by atoms with Crippen molar-refractivity contribution in [1.29, 1.82) is 0 Å². The second-order valence-electron chi connectivity index (χ2n) is 4.62. The van der Waals surface area contributed by atoms with E-state index in [1.165, 1.54) is 5.56 Å². The highest BCUT2D eigenvalue weighted by molar-refractivity contribution is 6.35. The van der Waals surface area contributed by atoms with E-state index in [4.69, 9.17) is 32.7 Å². The van der Waals surface area contributed by atoms with E-state index in [0.717, 1.165) is 24.4 Å². The van der Waals surface area contributed by atoms with E-state index in [1.807, 2.05) is 18.2 Å². The Morgan fingerprint density at radius 1 is 0.952 bits per heavy atom. The molecule has 0 amide bonds. The van der Waals surface area contributed by atoms with E-state index in [0.29, 0.717) is 15.8 Å². The maximum absolute atomic E-state index is 6.13. The molecule has 0 saturated carbocycles. The first-order chi connectivity index (χ1) is 10.1. The van der Waals surface area contributed by atoms with Crippen molar-refractivity contribution in [2.75, 3.05) is 14.2 Å². The summed E-state index contributed by atoms with van der Waals surface area (Å²) in [7, 11) is 3.28. The Morgan fingerprint density at radius 3 is 2.29 bits per heavy atom. The molecule has 0 radical (unpaired) electrons. The fraction of sp³-hybridized carbons (Fsp3) is 0.250. The first-order valence-corrected chi connectivity index (χ1v) is 7.36. The lowest BCUT2D eigenvalue weighted by molar-refractivity contribution is -0.686. The minimum absolute atomic E-state index is 0.540. The number of rotatable bonds is 6. The van der Waals surface area contributed by atoms with E-state index < -0.39 is 0 Å². The maximum Gasteiger partial charge on any atom is 0.146 e. The number of nitrogens with two attached hydrogens (primary N) is 1. The molecular formula is C16H18Cl2NO2+. The summed E-state index contributed by atoms with van der Waals surface area (Å²) < 4.78 is 10.5. The molecule has 2 N–H and O–H groups in total. The molecule has 0 aromatic heterocycles. The molecule has 21 heavy (non-hydrogen) atoms. The van der Waals surface area contributed by atoms with Crippen molar-refractivity contribution in [3.8, 4) is 11.5 Å². The van der Waals surface area contributed by atoms with E-state index in [1.54, 1.807) is 20.3 Å². The van der Waals surface area contributed by atoms with E-state index >= 15 is 0 Å². The van der Waals surface area contributed by atoms with Crippen molar-refractivity contribution >= 4 is 23.2 Å². The molecule has 0 fully saturated rings. The highest BCUT2D eigenvalue weighted by Gasteiger charge is 2.11. The molecule has 2 rings (SSSR count). The molecule has 3 nitrogen and oxygen atoms in total. The first kappa shape index (κ1) is 16.0. The third-order valence-electron chi connectivity index (χ3n) is 3.19. The SMILES string of the molecule is COc1ccc(C[NH2+]Cc2cc(Cl)cc(Cl)c2OC)cc1. The summed E-state index contributed by atoms with van der Waals surface area (Å²) >= 11 is 12.2. The van der Waals surface area contributed by atoms with E-state index in [2.05, 4.69) is 17.4 Å². The van der Waals surface area contributed by atoms with Crippen LogP contribution in [0.5, 0.6) is 11.5 Å². The van der Waals surface area contributed by atoms with Crippen molar-refractivity contribution in [1.82, 2.24) is 0 Å². The second kappa shape index (κ2) is 7.55. The highest BCUT2D eigenvalue weighted by atomic mass is 35.5. The van der Waals surface area contributed by atoms with Crippen molar-refractivity contribution in [3.63, 3.8) is 0 Å². The summed E-state index contributed by atoms with van der Waals surface area (Å²) in [5.41, 5.74) is 2.21. The van der Waals surface area contributed by atoms with Crippen LogP contribution < -0.4 is 14.8 Å². The third-order valence-corrected chi connectivity index (χ3v) is 3.69. The predicted molar refractivity (Wildman–Crippen MR) is 85.3 cm³/mol. The predicted octanol–water partition coefficient (Wildman–Crippen LogP) is 3.27. The molecular weight excluding hydrogens is 309 g/mol. The Hall–Kier alpha value is -1.42. The van der Waals surface area contributed by atoms with Gasteiger partial charge < -0.3 is 14.8 Å². The molecule has 0 bridgehead atoms. The van der Waals surface area contributed by atoms with Crippen LogP contribution in [0.2, 0.25) is 10.0 Å². The van der Waals surface area contributed by atoms with Crippen LogP contribution in [0.25, 0.3) is 0 Å². The highest BCUT2D eigenvalue weighted by Crippen LogP contribution is 2.31. The lowest BCUT2D eigenvalue weighted by atomic mass is 10.1. The Labute approximate surface area is 134 Å². The standard InChI is InChI=1S/C16H17Cl2NO2/c1-20-14-5-3-11(4-6-14)9-19-10-12-7-13(17)8-15(18)16(12)21-2/h3-8,19H,9-10H2,1-2H3/p+1. The molecule has 5 heteroatoms. The second-order valence-corrected chi connectivity index (χ2v) is 5.47. The molecule has 0 unspecified atom stereocenters. The summed E-state index contributed by atoms with van der Waals surface area (Å²) in [6.07, 6.45) is 0. The van der Waals surface area contributed by atoms with Gasteiger partial charge in [0.1, 0.15) is 24.6 Å². The average Bonchev–Trinajstić information content (AvgIpc) is 2.47. The minimum Gasteiger partial charge on any atom is -0.497 e. The molecule has 0 aliphatic carbocycles. The normalized spacial score (nSPS) is 10.5. The van der Waals surface area contributed by atoms with Crippen LogP contribution in [0.4, 0.5) is 0 Å². The Morgan fingerprint density at radius 2 is 1.67 bits per heavy atom. The first-order valence-electron chi connectivity index (χ1n) is 6.60. The number of hydrogen-bond acceptors (Lipinski definition) is 2. The van der Waals surface area contributed by atoms with Gasteiger partial charge in [-0.3, -0.25) is 0 Å². The van der Waals surface area contributed by atoms with Crippen molar-refractivity contribution in [2.45, 2.75) is 13.1 Å². The topological polar surface area (TPSA) is 35.1 Å². The molecule has 0 spiro atoms. The number of methoxy groups -OCH3 is 2. The van der Waals surface area contributed by atoms with Crippen LogP contribution in [0.15, 0.2) is 36.4 Å². The number of hydrogen-bond donors (Lipinski definition) is 1. The van der Waals surface area contributed by atoms with Crippen molar-refractivity contribution < 1.29 is 14.8 Å². The van der Waals surface area contributed by atoms with Gasteiger partial charge >= 0.3 is 0 Å². The maximum atomic E-state index is 6.13. The number of ether oxygens (including phenoxy) is 2. The van der Waals surface area contributed by atoms with Gasteiger partial charge in [0.05, 0.1) is 24.8 Å². The van der Waals surface area contributed by atoms with Gasteiger partial charge in [-0.25, -0.2) is 0 Å². The van der Waals surface area contributed by atoms with Gasteiger partial charge in [0.15, 0.2) is 0 Å². The molecule has 2 aromatic rings. The van der Waals surface area contributed by atoms with Gasteiger partial charge in [-0.15, -0.1) is 0 Å². The van der Waals surface area contributed by atoms with E-state index in [9.17, 15) is 0 Å². The number of quaternary nitrogens is 1. The summed E-state index contributed by atoms with van der Waals surface area (Å²) in [6.45, 7) is 1.60. The van der Waals surface area contributed by atoms with Gasteiger partial charge in [-0.05, 0) is 36.4 Å². The van der Waals surface area contributed by atoms with Gasteiger partial charge in [0.2, 0.25) is 0 Å². The molecule has 0 aliphatic heterocycles. The molecule has 2 aromatic carbocycles. The monoisotopic (exact) mass is 326 g/mol. The van der Waals surface area contributed by atoms with Crippen LogP contribution in [0, 0.1) is 0 Å². The average molecular weight is 327 g/mol. The summed E-state index contributed by atoms with van der Waals surface area (Å²) in [4.78, 5) is 0. The van der Waals surface area contributed by atoms with Crippen LogP contribution in [0.3, 0.4) is 0 Å². The zero-order valence-corrected chi connectivity index (χ0v) is 13.5. The van der Waals surface area contributed by atoms with Crippen LogP contribution in [-0.4, -0.2) is 14.2 Å². The van der Waals surface area contributed by atoms with Crippen molar-refractivity contribution in [2.24, 2.45) is 0 Å². The summed E-state index contributed by atoms with van der Waals surface area (Å²) in [6, 6.07) is 11.6. The molecule has 0 atom stereocenters. The molecule has 0 aliphatic rings. The van der Waals surface area contributed by atoms with E-state index in [-0.39, 0.29) is 0 Å². The Balaban J connectivity index is 1.99. The lowest BCUT2D eigenvalue weighted by Crippen LogP contribution is -2.80. The summed E-state index contributed by atoms with van der Waals surface area (Å²) in [5.74, 6) is 1.55. The largest absolute Gasteiger partial charge is 0.497 e. The summed E-state index contributed by atoms with van der Waals surface area (Å²) in [5, 5.41) is 3.33. The zero-order valence-electron chi connectivity index (χ0n) is 12.0. The number of halogens is 2. The smallest absolute Gasteiger partial charge is 0.146 e. The Bertz CT molecular complexity index is 600. The minimum atomic E-state index is 0.540. The third kappa shape index (κ3) is 4.27. The number of benzene rings is 2. The molecule has 112 valence electrons. The van der Waals surface area contributed by atoms with Crippen LogP contribution in [0.1, 0.15) is 11.1 Å². The fourth-order valence-electron chi connectivity index (χ4n) is 2.15.